The molecule has 0 bridgehead atoms. The molecule has 8 heteroatoms. The second-order valence-electron chi connectivity index (χ2n) is 6.39. The van der Waals surface area contributed by atoms with E-state index in [1.165, 1.54) is 9.13 Å². The Morgan fingerprint density at radius 1 is 1.08 bits per heavy atom. The van der Waals surface area contributed by atoms with Crippen LogP contribution in [0.2, 0.25) is 0 Å². The van der Waals surface area contributed by atoms with E-state index >= 15 is 0 Å². The zero-order chi connectivity index (χ0) is 18.3. The van der Waals surface area contributed by atoms with Crippen LogP contribution in [-0.2, 0) is 24.9 Å². The fraction of sp³-hybridized carbons (Fsp3) is 0.588. The Morgan fingerprint density at radius 3 is 2.44 bits per heavy atom. The fourth-order valence-corrected chi connectivity index (χ4v) is 3.28. The molecule has 3 heterocycles. The van der Waals surface area contributed by atoms with Gasteiger partial charge >= 0.3 is 5.69 Å². The number of aromatic nitrogens is 5. The third kappa shape index (κ3) is 2.52. The molecule has 0 aliphatic carbocycles. The van der Waals surface area contributed by atoms with Crippen molar-refractivity contribution in [3.63, 3.8) is 0 Å². The summed E-state index contributed by atoms with van der Waals surface area (Å²) >= 11 is 0. The highest BCUT2D eigenvalue weighted by molar-refractivity contribution is 5.76. The topological polar surface area (TPSA) is 75.5 Å². The molecule has 0 aliphatic heterocycles. The van der Waals surface area contributed by atoms with Crippen molar-refractivity contribution in [2.75, 3.05) is 13.7 Å². The van der Waals surface area contributed by atoms with E-state index in [4.69, 9.17) is 4.74 Å². The van der Waals surface area contributed by atoms with Gasteiger partial charge in [-0.05, 0) is 20.3 Å². The monoisotopic (exact) mass is 347 g/mol. The Balaban J connectivity index is 2.40. The number of imidazole rings is 2. The molecule has 0 atom stereocenters. The van der Waals surface area contributed by atoms with Crippen molar-refractivity contribution in [1.82, 2.24) is 23.1 Å². The third-order valence-electron chi connectivity index (χ3n) is 4.88. The third-order valence-corrected chi connectivity index (χ3v) is 4.88. The van der Waals surface area contributed by atoms with Gasteiger partial charge < -0.3 is 9.30 Å². The summed E-state index contributed by atoms with van der Waals surface area (Å²) in [5.74, 6) is 0.718. The minimum absolute atomic E-state index is 0.222. The summed E-state index contributed by atoms with van der Waals surface area (Å²) in [5, 5.41) is 0. The van der Waals surface area contributed by atoms with Gasteiger partial charge in [-0.25, -0.2) is 4.79 Å². The fourth-order valence-electron chi connectivity index (χ4n) is 3.28. The smallest absolute Gasteiger partial charge is 0.332 e. The molecule has 0 N–H and O–H groups in total. The number of unbranched alkanes of at least 4 members (excludes halogenated alkanes) is 1. The van der Waals surface area contributed by atoms with Crippen molar-refractivity contribution in [2.24, 2.45) is 7.05 Å². The van der Waals surface area contributed by atoms with Crippen LogP contribution in [0, 0.1) is 13.8 Å². The van der Waals surface area contributed by atoms with Crippen LogP contribution in [0.25, 0.3) is 16.9 Å². The molecule has 0 spiro atoms. The first kappa shape index (κ1) is 17.5. The number of hydrogen-bond donors (Lipinski definition) is 0. The maximum Gasteiger partial charge on any atom is 0.332 e. The Hall–Kier alpha value is -2.35. The lowest BCUT2D eigenvalue weighted by Gasteiger charge is -2.08. The largest absolute Gasteiger partial charge is 0.383 e. The van der Waals surface area contributed by atoms with Gasteiger partial charge in [-0.15, -0.1) is 0 Å². The lowest BCUT2D eigenvalue weighted by Crippen LogP contribution is -2.40. The molecule has 3 aromatic heterocycles. The summed E-state index contributed by atoms with van der Waals surface area (Å²) in [6.45, 7) is 7.53. The standard InChI is InChI=1S/C17H25N5O3/c1-6-7-8-20-11(2)12(3)22-13-14(18-16(20)22)19(4)17(24)21(15(13)23)9-10-25-5/h6-10H2,1-5H3. The Bertz CT molecular complexity index is 1050. The lowest BCUT2D eigenvalue weighted by atomic mass is 10.3. The van der Waals surface area contributed by atoms with Crippen LogP contribution in [0.1, 0.15) is 31.2 Å². The second kappa shape index (κ2) is 6.51. The molecule has 0 aromatic carbocycles. The number of aryl methyl sites for hydroxylation is 3. The van der Waals surface area contributed by atoms with Gasteiger partial charge in [-0.1, -0.05) is 13.3 Å². The molecular formula is C17H25N5O3. The van der Waals surface area contributed by atoms with Crippen molar-refractivity contribution < 1.29 is 4.74 Å². The van der Waals surface area contributed by atoms with Gasteiger partial charge in [0.1, 0.15) is 0 Å². The Labute approximate surface area is 145 Å². The quantitative estimate of drug-likeness (QED) is 0.672. The van der Waals surface area contributed by atoms with E-state index in [2.05, 4.69) is 16.5 Å². The van der Waals surface area contributed by atoms with E-state index < -0.39 is 0 Å². The summed E-state index contributed by atoms with van der Waals surface area (Å²) in [5.41, 5.74) is 2.25. The van der Waals surface area contributed by atoms with E-state index in [1.807, 2.05) is 18.2 Å². The van der Waals surface area contributed by atoms with Crippen LogP contribution in [-0.4, -0.2) is 36.8 Å². The lowest BCUT2D eigenvalue weighted by molar-refractivity contribution is 0.184. The minimum Gasteiger partial charge on any atom is -0.383 e. The van der Waals surface area contributed by atoms with Crippen LogP contribution >= 0.6 is 0 Å². The summed E-state index contributed by atoms with van der Waals surface area (Å²) in [6.07, 6.45) is 2.11. The molecule has 3 aromatic rings. The summed E-state index contributed by atoms with van der Waals surface area (Å²) < 4.78 is 11.7. The van der Waals surface area contributed by atoms with Gasteiger partial charge in [0.05, 0.1) is 13.2 Å². The highest BCUT2D eigenvalue weighted by atomic mass is 16.5. The predicted molar refractivity (Wildman–Crippen MR) is 96.4 cm³/mol. The Morgan fingerprint density at radius 2 is 1.80 bits per heavy atom. The van der Waals surface area contributed by atoms with Crippen molar-refractivity contribution in [1.29, 1.82) is 0 Å². The van der Waals surface area contributed by atoms with Crippen LogP contribution < -0.4 is 11.2 Å². The molecule has 0 amide bonds. The van der Waals surface area contributed by atoms with E-state index in [1.54, 1.807) is 14.2 Å². The van der Waals surface area contributed by atoms with E-state index in [0.717, 1.165) is 36.6 Å². The number of fused-ring (bicyclic) bond motifs is 3. The van der Waals surface area contributed by atoms with E-state index in [-0.39, 0.29) is 17.8 Å². The van der Waals surface area contributed by atoms with Crippen molar-refractivity contribution in [3.8, 4) is 0 Å². The SMILES string of the molecule is CCCCn1c(C)c(C)n2c3c(=O)n(CCOC)c(=O)n(C)c3nc12. The van der Waals surface area contributed by atoms with Crippen molar-refractivity contribution in [3.05, 3.63) is 32.2 Å². The molecule has 0 radical (unpaired) electrons. The molecular weight excluding hydrogens is 322 g/mol. The van der Waals surface area contributed by atoms with Gasteiger partial charge in [0.15, 0.2) is 11.2 Å². The molecule has 0 saturated heterocycles. The molecule has 0 saturated carbocycles. The van der Waals surface area contributed by atoms with Gasteiger partial charge in [-0.3, -0.25) is 18.3 Å². The molecule has 0 fully saturated rings. The summed E-state index contributed by atoms with van der Waals surface area (Å²) in [4.78, 5) is 30.2. The zero-order valence-electron chi connectivity index (χ0n) is 15.5. The number of ether oxygens (including phenoxy) is 1. The van der Waals surface area contributed by atoms with Crippen LogP contribution in [0.5, 0.6) is 0 Å². The van der Waals surface area contributed by atoms with Crippen LogP contribution in [0.15, 0.2) is 9.59 Å². The summed E-state index contributed by atoms with van der Waals surface area (Å²) in [7, 11) is 3.20. The highest BCUT2D eigenvalue weighted by Crippen LogP contribution is 2.21. The van der Waals surface area contributed by atoms with Gasteiger partial charge in [-0.2, -0.15) is 4.98 Å². The maximum atomic E-state index is 13.0. The molecule has 8 nitrogen and oxygen atoms in total. The second-order valence-corrected chi connectivity index (χ2v) is 6.39. The average molecular weight is 347 g/mol. The van der Waals surface area contributed by atoms with Crippen molar-refractivity contribution >= 4 is 16.9 Å². The summed E-state index contributed by atoms with van der Waals surface area (Å²) in [6, 6.07) is 0. The molecule has 136 valence electrons. The van der Waals surface area contributed by atoms with Crippen molar-refractivity contribution in [2.45, 2.75) is 46.7 Å². The maximum absolute atomic E-state index is 13.0. The van der Waals surface area contributed by atoms with E-state index in [0.29, 0.717) is 17.8 Å². The molecule has 0 aliphatic rings. The first-order valence-corrected chi connectivity index (χ1v) is 8.60. The van der Waals surface area contributed by atoms with Crippen LogP contribution in [0.4, 0.5) is 0 Å². The Kier molecular flexibility index (Phi) is 4.55. The van der Waals surface area contributed by atoms with E-state index in [9.17, 15) is 9.59 Å². The van der Waals surface area contributed by atoms with Gasteiger partial charge in [0, 0.05) is 32.1 Å². The predicted octanol–water partition coefficient (Wildman–Crippen LogP) is 1.21. The zero-order valence-corrected chi connectivity index (χ0v) is 15.5. The van der Waals surface area contributed by atoms with Gasteiger partial charge in [0.25, 0.3) is 5.56 Å². The first-order valence-electron chi connectivity index (χ1n) is 8.60. The average Bonchev–Trinajstić information content (AvgIpc) is 3.09. The van der Waals surface area contributed by atoms with Gasteiger partial charge in [0.2, 0.25) is 5.78 Å². The molecule has 0 unspecified atom stereocenters. The first-order chi connectivity index (χ1) is 11.9. The molecule has 25 heavy (non-hydrogen) atoms. The number of nitrogens with zero attached hydrogens (tertiary/aromatic N) is 5. The minimum atomic E-state index is -0.371. The number of rotatable bonds is 6. The normalized spacial score (nSPS) is 11.9. The number of methoxy groups -OCH3 is 1. The highest BCUT2D eigenvalue weighted by Gasteiger charge is 2.22. The number of hydrogen-bond acceptors (Lipinski definition) is 4. The molecule has 3 rings (SSSR count). The van der Waals surface area contributed by atoms with Crippen LogP contribution in [0.3, 0.4) is 0 Å².